The maximum atomic E-state index is 12.1. The predicted molar refractivity (Wildman–Crippen MR) is 95.6 cm³/mol. The molecule has 1 heterocycles. The van der Waals surface area contributed by atoms with Crippen LogP contribution in [0.1, 0.15) is 37.0 Å². The molecule has 0 saturated carbocycles. The van der Waals surface area contributed by atoms with E-state index < -0.39 is 0 Å². The van der Waals surface area contributed by atoms with Gasteiger partial charge >= 0.3 is 0 Å². The Morgan fingerprint density at radius 2 is 2.00 bits per heavy atom. The van der Waals surface area contributed by atoms with Crippen LogP contribution in [0.15, 0.2) is 42.7 Å². The van der Waals surface area contributed by atoms with Crippen LogP contribution < -0.4 is 10.1 Å². The fourth-order valence-corrected chi connectivity index (χ4v) is 2.44. The van der Waals surface area contributed by atoms with Crippen molar-refractivity contribution in [1.82, 2.24) is 15.1 Å². The van der Waals surface area contributed by atoms with Crippen molar-refractivity contribution in [2.45, 2.75) is 33.2 Å². The third-order valence-electron chi connectivity index (χ3n) is 3.77. The van der Waals surface area contributed by atoms with Gasteiger partial charge in [0.15, 0.2) is 5.78 Å². The molecule has 0 spiro atoms. The summed E-state index contributed by atoms with van der Waals surface area (Å²) in [4.78, 5) is 24.1. The first-order valence-electron chi connectivity index (χ1n) is 8.58. The van der Waals surface area contributed by atoms with E-state index >= 15 is 0 Å². The van der Waals surface area contributed by atoms with Gasteiger partial charge in [0.05, 0.1) is 6.61 Å². The van der Waals surface area contributed by atoms with E-state index in [1.165, 1.54) is 0 Å². The number of Topliss-reactive ketones (excluding diaryl/α,β-unsaturated/α-hetero) is 1. The Bertz CT molecular complexity index is 666. The fourth-order valence-electron chi connectivity index (χ4n) is 2.44. The summed E-state index contributed by atoms with van der Waals surface area (Å²) < 4.78 is 7.19. The number of hydrogen-bond acceptors (Lipinski definition) is 4. The number of carbonyl (C=O) groups is 2. The van der Waals surface area contributed by atoms with Crippen LogP contribution in [0.4, 0.5) is 0 Å². The number of rotatable bonds is 10. The van der Waals surface area contributed by atoms with Gasteiger partial charge in [-0.25, -0.2) is 0 Å². The molecule has 1 atom stereocenters. The van der Waals surface area contributed by atoms with Crippen molar-refractivity contribution in [2.75, 3.05) is 13.2 Å². The lowest BCUT2D eigenvalue weighted by Gasteiger charge is -2.12. The molecule has 134 valence electrons. The molecule has 0 aliphatic heterocycles. The second-order valence-corrected chi connectivity index (χ2v) is 6.02. The lowest BCUT2D eigenvalue weighted by molar-refractivity contribution is -0.121. The van der Waals surface area contributed by atoms with E-state index in [1.54, 1.807) is 30.5 Å². The van der Waals surface area contributed by atoms with Crippen molar-refractivity contribution in [3.05, 3.63) is 48.3 Å². The van der Waals surface area contributed by atoms with Crippen molar-refractivity contribution in [3.63, 3.8) is 0 Å². The van der Waals surface area contributed by atoms with Gasteiger partial charge in [-0.15, -0.1) is 0 Å². The summed E-state index contributed by atoms with van der Waals surface area (Å²) in [6, 6.07) is 8.88. The molecule has 6 nitrogen and oxygen atoms in total. The number of nitrogens with zero attached hydrogens (tertiary/aromatic N) is 2. The molecule has 2 rings (SSSR count). The van der Waals surface area contributed by atoms with Crippen LogP contribution in [0.3, 0.4) is 0 Å². The SMILES string of the molecule is CCOc1ccc(C(=O)CCC(=O)NC[C@@H](C)Cn2cccn2)cc1. The normalized spacial score (nSPS) is 11.8. The third kappa shape index (κ3) is 6.41. The summed E-state index contributed by atoms with van der Waals surface area (Å²) >= 11 is 0. The maximum Gasteiger partial charge on any atom is 0.220 e. The van der Waals surface area contributed by atoms with Gasteiger partial charge < -0.3 is 10.1 Å². The molecule has 1 aromatic heterocycles. The van der Waals surface area contributed by atoms with Gasteiger partial charge in [0.2, 0.25) is 5.91 Å². The standard InChI is InChI=1S/C19H25N3O3/c1-3-25-17-7-5-16(6-8-17)18(23)9-10-19(24)20-13-15(2)14-22-12-4-11-21-22/h4-8,11-12,15H,3,9-10,13-14H2,1-2H3,(H,20,24)/t15-/m1/s1. The summed E-state index contributed by atoms with van der Waals surface area (Å²) in [5.74, 6) is 0.864. The minimum absolute atomic E-state index is 0.0391. The van der Waals surface area contributed by atoms with Crippen LogP contribution in [0.2, 0.25) is 0 Å². The Kier molecular flexibility index (Phi) is 7.19. The second kappa shape index (κ2) is 9.61. The van der Waals surface area contributed by atoms with Crippen LogP contribution in [0.5, 0.6) is 5.75 Å². The molecule has 0 bridgehead atoms. The first-order chi connectivity index (χ1) is 12.1. The van der Waals surface area contributed by atoms with Gasteiger partial charge in [0.25, 0.3) is 0 Å². The number of amides is 1. The van der Waals surface area contributed by atoms with Gasteiger partial charge in [-0.1, -0.05) is 6.92 Å². The Hall–Kier alpha value is -2.63. The molecule has 1 amide bonds. The lowest BCUT2D eigenvalue weighted by atomic mass is 10.1. The average molecular weight is 343 g/mol. The van der Waals surface area contributed by atoms with Gasteiger partial charge in [-0.2, -0.15) is 5.10 Å². The maximum absolute atomic E-state index is 12.1. The van der Waals surface area contributed by atoms with Crippen molar-refractivity contribution < 1.29 is 14.3 Å². The van der Waals surface area contributed by atoms with Crippen molar-refractivity contribution in [2.24, 2.45) is 5.92 Å². The van der Waals surface area contributed by atoms with Crippen LogP contribution in [-0.2, 0) is 11.3 Å². The zero-order valence-electron chi connectivity index (χ0n) is 14.8. The number of benzene rings is 1. The number of nitrogens with one attached hydrogen (secondary N) is 1. The van der Waals surface area contributed by atoms with Gasteiger partial charge in [-0.05, 0) is 43.2 Å². The number of ether oxygens (including phenoxy) is 1. The minimum atomic E-state index is -0.105. The van der Waals surface area contributed by atoms with Gasteiger partial charge in [-0.3, -0.25) is 14.3 Å². The monoisotopic (exact) mass is 343 g/mol. The Labute approximate surface area is 148 Å². The molecule has 25 heavy (non-hydrogen) atoms. The number of aromatic nitrogens is 2. The smallest absolute Gasteiger partial charge is 0.220 e. The van der Waals surface area contributed by atoms with Crippen molar-refractivity contribution in [1.29, 1.82) is 0 Å². The molecule has 0 aliphatic rings. The number of ketones is 1. The lowest BCUT2D eigenvalue weighted by Crippen LogP contribution is -2.30. The topological polar surface area (TPSA) is 73.2 Å². The first kappa shape index (κ1) is 18.7. The molecular weight excluding hydrogens is 318 g/mol. The van der Waals surface area contributed by atoms with E-state index in [-0.39, 0.29) is 30.4 Å². The predicted octanol–water partition coefficient (Wildman–Crippen LogP) is 2.70. The molecule has 6 heteroatoms. The third-order valence-corrected chi connectivity index (χ3v) is 3.77. The minimum Gasteiger partial charge on any atom is -0.494 e. The number of hydrogen-bond donors (Lipinski definition) is 1. The molecule has 1 aromatic carbocycles. The van der Waals surface area contributed by atoms with Crippen LogP contribution in [-0.4, -0.2) is 34.6 Å². The van der Waals surface area contributed by atoms with Crippen molar-refractivity contribution in [3.8, 4) is 5.75 Å². The quantitative estimate of drug-likeness (QED) is 0.673. The Balaban J connectivity index is 1.69. The summed E-state index contributed by atoms with van der Waals surface area (Å²) in [6.07, 6.45) is 4.03. The molecular formula is C19H25N3O3. The van der Waals surface area contributed by atoms with E-state index in [0.717, 1.165) is 12.3 Å². The average Bonchev–Trinajstić information content (AvgIpc) is 3.11. The zero-order valence-corrected chi connectivity index (χ0v) is 14.8. The highest BCUT2D eigenvalue weighted by atomic mass is 16.5. The van der Waals surface area contributed by atoms with E-state index in [2.05, 4.69) is 10.4 Å². The Morgan fingerprint density at radius 1 is 1.24 bits per heavy atom. The van der Waals surface area contributed by atoms with Gasteiger partial charge in [0.1, 0.15) is 5.75 Å². The molecule has 1 N–H and O–H groups in total. The van der Waals surface area contributed by atoms with Crippen LogP contribution in [0, 0.1) is 5.92 Å². The van der Waals surface area contributed by atoms with Crippen LogP contribution in [0.25, 0.3) is 0 Å². The summed E-state index contributed by atoms with van der Waals surface area (Å²) in [6.45, 7) is 5.86. The Morgan fingerprint density at radius 3 is 2.64 bits per heavy atom. The fraction of sp³-hybridized carbons (Fsp3) is 0.421. The van der Waals surface area contributed by atoms with Crippen LogP contribution >= 0.6 is 0 Å². The summed E-state index contributed by atoms with van der Waals surface area (Å²) in [5, 5.41) is 7.02. The molecule has 0 unspecified atom stereocenters. The van der Waals surface area contributed by atoms with E-state index in [4.69, 9.17) is 4.74 Å². The number of carbonyl (C=O) groups excluding carboxylic acids is 2. The molecule has 0 saturated heterocycles. The first-order valence-corrected chi connectivity index (χ1v) is 8.58. The molecule has 0 aliphatic carbocycles. The highest BCUT2D eigenvalue weighted by Crippen LogP contribution is 2.14. The highest BCUT2D eigenvalue weighted by Gasteiger charge is 2.11. The largest absolute Gasteiger partial charge is 0.494 e. The zero-order chi connectivity index (χ0) is 18.1. The van der Waals surface area contributed by atoms with Gasteiger partial charge in [0, 0.05) is 43.9 Å². The molecule has 2 aromatic rings. The highest BCUT2D eigenvalue weighted by molar-refractivity contribution is 5.98. The van der Waals surface area contributed by atoms with Crippen molar-refractivity contribution >= 4 is 11.7 Å². The second-order valence-electron chi connectivity index (χ2n) is 6.02. The molecule has 0 radical (unpaired) electrons. The van der Waals surface area contributed by atoms with E-state index in [1.807, 2.05) is 30.8 Å². The van der Waals surface area contributed by atoms with E-state index in [0.29, 0.717) is 18.7 Å². The summed E-state index contributed by atoms with van der Waals surface area (Å²) in [5.41, 5.74) is 0.600. The summed E-state index contributed by atoms with van der Waals surface area (Å²) in [7, 11) is 0. The molecule has 0 fully saturated rings. The van der Waals surface area contributed by atoms with E-state index in [9.17, 15) is 9.59 Å².